The van der Waals surface area contributed by atoms with Crippen LogP contribution < -0.4 is 5.32 Å². The Morgan fingerprint density at radius 1 is 1.25 bits per heavy atom. The molecule has 0 spiro atoms. The molecule has 5 heteroatoms. The zero-order valence-electron chi connectivity index (χ0n) is 14.3. The van der Waals surface area contributed by atoms with Crippen LogP contribution in [0.3, 0.4) is 0 Å². The zero-order chi connectivity index (χ0) is 17.4. The molecule has 24 heavy (non-hydrogen) atoms. The molecule has 0 radical (unpaired) electrons. The normalized spacial score (nSPS) is 14.7. The number of anilines is 1. The van der Waals surface area contributed by atoms with Gasteiger partial charge in [-0.2, -0.15) is 0 Å². The van der Waals surface area contributed by atoms with Crippen LogP contribution in [0, 0.1) is 5.92 Å². The van der Waals surface area contributed by atoms with Gasteiger partial charge in [0.1, 0.15) is 6.61 Å². The smallest absolute Gasteiger partial charge is 0.411 e. The molecule has 1 aromatic rings. The summed E-state index contributed by atoms with van der Waals surface area (Å²) in [6.07, 6.45) is 7.26. The van der Waals surface area contributed by atoms with E-state index in [1.165, 1.54) is 38.2 Å². The van der Waals surface area contributed by atoms with Gasteiger partial charge in [0.05, 0.1) is 0 Å². The zero-order valence-corrected chi connectivity index (χ0v) is 14.3. The highest BCUT2D eigenvalue weighted by molar-refractivity contribution is 5.95. The van der Waals surface area contributed by atoms with Crippen molar-refractivity contribution in [3.8, 4) is 0 Å². The molecule has 0 bridgehead atoms. The highest BCUT2D eigenvalue weighted by Gasteiger charge is 2.19. The van der Waals surface area contributed by atoms with E-state index in [0.29, 0.717) is 17.2 Å². The number of nitrogens with one attached hydrogen (secondary N) is 1. The molecular formula is C19H26N2O3. The van der Waals surface area contributed by atoms with Crippen molar-refractivity contribution in [1.82, 2.24) is 4.90 Å². The first kappa shape index (κ1) is 18.0. The predicted octanol–water partition coefficient (Wildman–Crippen LogP) is 4.07. The van der Waals surface area contributed by atoms with Gasteiger partial charge in [-0.3, -0.25) is 10.1 Å². The third-order valence-corrected chi connectivity index (χ3v) is 4.31. The molecular weight excluding hydrogens is 304 g/mol. The Balaban J connectivity index is 1.87. The molecule has 1 aliphatic rings. The minimum absolute atomic E-state index is 0.0151. The Morgan fingerprint density at radius 3 is 2.54 bits per heavy atom. The second kappa shape index (κ2) is 9.11. The third kappa shape index (κ3) is 5.41. The van der Waals surface area contributed by atoms with E-state index >= 15 is 0 Å². The lowest BCUT2D eigenvalue weighted by Gasteiger charge is -2.27. The summed E-state index contributed by atoms with van der Waals surface area (Å²) in [4.78, 5) is 25.8. The number of carbonyl (C=O) groups excluding carboxylic acids is 2. The maximum absolute atomic E-state index is 12.5. The highest BCUT2D eigenvalue weighted by Crippen LogP contribution is 2.24. The van der Waals surface area contributed by atoms with Crippen molar-refractivity contribution in [3.05, 3.63) is 42.5 Å². The Labute approximate surface area is 143 Å². The first-order valence-electron chi connectivity index (χ1n) is 8.50. The van der Waals surface area contributed by atoms with E-state index in [-0.39, 0.29) is 12.5 Å². The molecule has 0 aromatic heterocycles. The van der Waals surface area contributed by atoms with Crippen LogP contribution in [0.1, 0.15) is 42.5 Å². The van der Waals surface area contributed by atoms with E-state index < -0.39 is 6.09 Å². The molecule has 2 amide bonds. The average Bonchev–Trinajstić information content (AvgIpc) is 2.61. The quantitative estimate of drug-likeness (QED) is 0.800. The number of carbonyl (C=O) groups is 2. The second-order valence-electron chi connectivity index (χ2n) is 6.28. The summed E-state index contributed by atoms with van der Waals surface area (Å²) in [6.45, 7) is 4.46. The number of hydrogen-bond acceptors (Lipinski definition) is 3. The monoisotopic (exact) mass is 330 g/mol. The van der Waals surface area contributed by atoms with Crippen molar-refractivity contribution in [2.45, 2.75) is 32.1 Å². The molecule has 0 saturated heterocycles. The number of ether oxygens (including phenoxy) is 1. The molecule has 1 saturated carbocycles. The van der Waals surface area contributed by atoms with Crippen LogP contribution in [0.4, 0.5) is 10.5 Å². The van der Waals surface area contributed by atoms with Gasteiger partial charge in [0, 0.05) is 24.8 Å². The van der Waals surface area contributed by atoms with Crippen molar-refractivity contribution in [2.24, 2.45) is 5.92 Å². The van der Waals surface area contributed by atoms with Gasteiger partial charge in [-0.1, -0.05) is 31.9 Å². The second-order valence-corrected chi connectivity index (χ2v) is 6.28. The van der Waals surface area contributed by atoms with E-state index in [0.717, 1.165) is 6.54 Å². The molecule has 1 aliphatic carbocycles. The molecule has 2 rings (SSSR count). The molecule has 0 atom stereocenters. The van der Waals surface area contributed by atoms with Crippen molar-refractivity contribution >= 4 is 17.7 Å². The largest absolute Gasteiger partial charge is 0.445 e. The van der Waals surface area contributed by atoms with Gasteiger partial charge in [0.2, 0.25) is 0 Å². The Morgan fingerprint density at radius 2 is 1.92 bits per heavy atom. The van der Waals surface area contributed by atoms with Crippen LogP contribution in [-0.2, 0) is 4.74 Å². The van der Waals surface area contributed by atoms with Crippen LogP contribution in [0.15, 0.2) is 36.9 Å². The molecule has 1 N–H and O–H groups in total. The standard InChI is InChI=1S/C19H26N2O3/c1-3-13-24-19(23)20-17-11-9-16(10-12-17)18(22)21(2)14-15-7-5-4-6-8-15/h3,9-12,15H,1,4-8,13-14H2,2H3,(H,20,23). The first-order valence-corrected chi connectivity index (χ1v) is 8.50. The fourth-order valence-electron chi connectivity index (χ4n) is 3.04. The summed E-state index contributed by atoms with van der Waals surface area (Å²) < 4.78 is 4.85. The van der Waals surface area contributed by atoms with Crippen LogP contribution >= 0.6 is 0 Å². The van der Waals surface area contributed by atoms with Crippen molar-refractivity contribution in [2.75, 3.05) is 25.5 Å². The molecule has 0 heterocycles. The molecule has 0 unspecified atom stereocenters. The topological polar surface area (TPSA) is 58.6 Å². The lowest BCUT2D eigenvalue weighted by molar-refractivity contribution is 0.0760. The number of rotatable bonds is 6. The lowest BCUT2D eigenvalue weighted by Crippen LogP contribution is -2.32. The summed E-state index contributed by atoms with van der Waals surface area (Å²) in [7, 11) is 1.86. The van der Waals surface area contributed by atoms with Gasteiger partial charge >= 0.3 is 6.09 Å². The number of amides is 2. The fourth-order valence-corrected chi connectivity index (χ4v) is 3.04. The van der Waals surface area contributed by atoms with E-state index in [4.69, 9.17) is 4.74 Å². The van der Waals surface area contributed by atoms with Gasteiger partial charge in [-0.25, -0.2) is 4.79 Å². The molecule has 0 aliphatic heterocycles. The third-order valence-electron chi connectivity index (χ3n) is 4.31. The maximum atomic E-state index is 12.5. The molecule has 1 aromatic carbocycles. The van der Waals surface area contributed by atoms with Gasteiger partial charge in [0.25, 0.3) is 5.91 Å². The summed E-state index contributed by atoms with van der Waals surface area (Å²) in [6, 6.07) is 6.86. The van der Waals surface area contributed by atoms with Crippen LogP contribution in [0.5, 0.6) is 0 Å². The Hall–Kier alpha value is -2.30. The minimum atomic E-state index is -0.539. The average molecular weight is 330 g/mol. The highest BCUT2D eigenvalue weighted by atomic mass is 16.5. The SMILES string of the molecule is C=CCOC(=O)Nc1ccc(C(=O)N(C)CC2CCCCC2)cc1. The van der Waals surface area contributed by atoms with Crippen molar-refractivity contribution in [3.63, 3.8) is 0 Å². The van der Waals surface area contributed by atoms with E-state index in [9.17, 15) is 9.59 Å². The summed E-state index contributed by atoms with van der Waals surface area (Å²) >= 11 is 0. The summed E-state index contributed by atoms with van der Waals surface area (Å²) in [5, 5.41) is 2.60. The molecule has 5 nitrogen and oxygen atoms in total. The van der Waals surface area contributed by atoms with Gasteiger partial charge in [-0.05, 0) is 43.0 Å². The minimum Gasteiger partial charge on any atom is -0.445 e. The predicted molar refractivity (Wildman–Crippen MR) is 95.1 cm³/mol. The van der Waals surface area contributed by atoms with Gasteiger partial charge in [-0.15, -0.1) is 0 Å². The summed E-state index contributed by atoms with van der Waals surface area (Å²) in [5.74, 6) is 0.634. The van der Waals surface area contributed by atoms with E-state index in [2.05, 4.69) is 11.9 Å². The fraction of sp³-hybridized carbons (Fsp3) is 0.474. The first-order chi connectivity index (χ1) is 11.6. The van der Waals surface area contributed by atoms with E-state index in [1.54, 1.807) is 29.2 Å². The maximum Gasteiger partial charge on any atom is 0.411 e. The number of benzene rings is 1. The van der Waals surface area contributed by atoms with Crippen LogP contribution in [0.2, 0.25) is 0 Å². The van der Waals surface area contributed by atoms with Crippen LogP contribution in [0.25, 0.3) is 0 Å². The van der Waals surface area contributed by atoms with Crippen molar-refractivity contribution < 1.29 is 14.3 Å². The number of hydrogen-bond donors (Lipinski definition) is 1. The van der Waals surface area contributed by atoms with Crippen LogP contribution in [-0.4, -0.2) is 37.1 Å². The summed E-state index contributed by atoms with van der Waals surface area (Å²) in [5.41, 5.74) is 1.22. The Kier molecular flexibility index (Phi) is 6.85. The molecule has 130 valence electrons. The molecule has 1 fully saturated rings. The van der Waals surface area contributed by atoms with Crippen molar-refractivity contribution in [1.29, 1.82) is 0 Å². The lowest BCUT2D eigenvalue weighted by atomic mass is 9.89. The number of nitrogens with zero attached hydrogens (tertiary/aromatic N) is 1. The Bertz CT molecular complexity index is 562. The van der Waals surface area contributed by atoms with Gasteiger partial charge < -0.3 is 9.64 Å². The van der Waals surface area contributed by atoms with Gasteiger partial charge in [0.15, 0.2) is 0 Å². The van der Waals surface area contributed by atoms with E-state index in [1.807, 2.05) is 7.05 Å².